The molecule has 2 bridgehead atoms. The molecule has 31 heavy (non-hydrogen) atoms. The van der Waals surface area contributed by atoms with Gasteiger partial charge in [-0.05, 0) is 31.7 Å². The molecule has 2 aliphatic heterocycles. The molecule has 1 aliphatic carbocycles. The van der Waals surface area contributed by atoms with Crippen LogP contribution in [0.4, 0.5) is 18.0 Å². The summed E-state index contributed by atoms with van der Waals surface area (Å²) >= 11 is 0. The number of aromatic nitrogens is 2. The monoisotopic (exact) mass is 463 g/mol. The van der Waals surface area contributed by atoms with Gasteiger partial charge in [0.15, 0.2) is 0 Å². The number of hydrogen-bond donors (Lipinski definition) is 1. The smallest absolute Gasteiger partial charge is 0.465 e. The van der Waals surface area contributed by atoms with Gasteiger partial charge in [-0.1, -0.05) is 19.6 Å². The first kappa shape index (κ1) is 22.5. The Kier molecular flexibility index (Phi) is 5.84. The number of nitrogens with zero attached hydrogens (tertiary/aromatic N) is 3. The second-order valence-electron chi connectivity index (χ2n) is 9.98. The highest BCUT2D eigenvalue weighted by Crippen LogP contribution is 2.47. The minimum Gasteiger partial charge on any atom is -0.465 e. The molecule has 0 spiro atoms. The number of carboxylic acid groups (broad SMARTS) is 1. The van der Waals surface area contributed by atoms with Crippen LogP contribution in [0.1, 0.15) is 49.3 Å². The number of fused-ring (bicyclic) bond motifs is 2. The Balaban J connectivity index is 1.33. The van der Waals surface area contributed by atoms with Crippen LogP contribution in [0.15, 0.2) is 4.42 Å². The summed E-state index contributed by atoms with van der Waals surface area (Å²) in [7, 11) is -1.38. The highest BCUT2D eigenvalue weighted by molar-refractivity contribution is 6.76. The molecule has 1 aromatic heterocycles. The normalized spacial score (nSPS) is 32.8. The van der Waals surface area contributed by atoms with E-state index in [1.165, 1.54) is 4.90 Å². The van der Waals surface area contributed by atoms with Crippen LogP contribution in [-0.4, -0.2) is 71.6 Å². The van der Waals surface area contributed by atoms with Crippen molar-refractivity contribution in [1.82, 2.24) is 15.1 Å². The summed E-state index contributed by atoms with van der Waals surface area (Å²) < 4.78 is 52.6. The van der Waals surface area contributed by atoms with Crippen LogP contribution >= 0.6 is 0 Å². The summed E-state index contributed by atoms with van der Waals surface area (Å²) in [5.74, 6) is 0.408. The average molecular weight is 464 g/mol. The molecular weight excluding hydrogens is 435 g/mol. The Labute approximate surface area is 179 Å². The molecule has 3 fully saturated rings. The van der Waals surface area contributed by atoms with Crippen LogP contribution in [-0.2, 0) is 9.47 Å². The molecule has 1 saturated carbocycles. The molecule has 1 amide bonds. The third-order valence-corrected chi connectivity index (χ3v) is 8.18. The Morgan fingerprint density at radius 1 is 1.16 bits per heavy atom. The van der Waals surface area contributed by atoms with E-state index in [1.807, 2.05) is 0 Å². The standard InChI is InChI=1S/C19H28F3N3O5Si/c1-31(2,3)5-4-25(18(26)27)13-9-14-12(8-15(13)28-14)17-24-23-16(29-17)10-6-11(7-10)30-19(20,21)22/h10-15H,4-9H2,1-3H3,(H,26,27)/t10-,11+,12?,13?,14?,15?. The predicted molar refractivity (Wildman–Crippen MR) is 105 cm³/mol. The number of hydrogen-bond acceptors (Lipinski definition) is 6. The Bertz CT molecular complexity index is 808. The van der Waals surface area contributed by atoms with Gasteiger partial charge in [0.05, 0.1) is 30.3 Å². The van der Waals surface area contributed by atoms with Crippen molar-refractivity contribution in [3.8, 4) is 0 Å². The maximum atomic E-state index is 12.3. The molecule has 1 N–H and O–H groups in total. The van der Waals surface area contributed by atoms with Gasteiger partial charge in [-0.2, -0.15) is 0 Å². The van der Waals surface area contributed by atoms with E-state index in [0.29, 0.717) is 31.2 Å². The number of ether oxygens (including phenoxy) is 2. The van der Waals surface area contributed by atoms with Gasteiger partial charge in [-0.25, -0.2) is 4.79 Å². The lowest BCUT2D eigenvalue weighted by Gasteiger charge is -2.33. The third kappa shape index (κ3) is 5.06. The summed E-state index contributed by atoms with van der Waals surface area (Å²) in [6, 6.07) is 0.716. The maximum absolute atomic E-state index is 12.3. The molecule has 3 aliphatic rings. The summed E-state index contributed by atoms with van der Waals surface area (Å²) in [4.78, 5) is 13.3. The van der Waals surface area contributed by atoms with Crippen LogP contribution in [0.5, 0.6) is 0 Å². The van der Waals surface area contributed by atoms with E-state index in [4.69, 9.17) is 9.15 Å². The first-order chi connectivity index (χ1) is 14.4. The molecule has 4 unspecified atom stereocenters. The van der Waals surface area contributed by atoms with E-state index in [9.17, 15) is 23.1 Å². The molecule has 0 aromatic carbocycles. The van der Waals surface area contributed by atoms with Gasteiger partial charge in [0.2, 0.25) is 11.8 Å². The van der Waals surface area contributed by atoms with Crippen molar-refractivity contribution >= 4 is 14.2 Å². The zero-order valence-electron chi connectivity index (χ0n) is 17.8. The number of rotatable bonds is 7. The molecular formula is C19H28F3N3O5Si. The fraction of sp³-hybridized carbons (Fsp3) is 0.842. The van der Waals surface area contributed by atoms with Crippen molar-refractivity contribution in [2.24, 2.45) is 0 Å². The largest absolute Gasteiger partial charge is 0.522 e. The van der Waals surface area contributed by atoms with Gasteiger partial charge >= 0.3 is 12.5 Å². The molecule has 3 heterocycles. The van der Waals surface area contributed by atoms with Crippen molar-refractivity contribution in [2.75, 3.05) is 6.54 Å². The number of carbonyl (C=O) groups is 1. The van der Waals surface area contributed by atoms with E-state index >= 15 is 0 Å². The lowest BCUT2D eigenvalue weighted by molar-refractivity contribution is -0.352. The lowest BCUT2D eigenvalue weighted by Crippen LogP contribution is -2.47. The maximum Gasteiger partial charge on any atom is 0.522 e. The van der Waals surface area contributed by atoms with Crippen molar-refractivity contribution in [3.05, 3.63) is 11.8 Å². The zero-order valence-corrected chi connectivity index (χ0v) is 18.8. The Hall–Kier alpha value is -1.66. The van der Waals surface area contributed by atoms with Crippen LogP contribution in [0.3, 0.4) is 0 Å². The SMILES string of the molecule is C[Si](C)(C)CCN(C(=O)O)C1CC2OC1CC2c1nnc([C@H]2C[C@@H](OC(F)(F)F)C2)o1. The van der Waals surface area contributed by atoms with E-state index < -0.39 is 26.6 Å². The lowest BCUT2D eigenvalue weighted by atomic mass is 9.82. The van der Waals surface area contributed by atoms with Gasteiger partial charge in [-0.3, -0.25) is 4.74 Å². The van der Waals surface area contributed by atoms with Crippen LogP contribution in [0.2, 0.25) is 25.7 Å². The first-order valence-electron chi connectivity index (χ1n) is 10.6. The minimum absolute atomic E-state index is 0.113. The van der Waals surface area contributed by atoms with Crippen LogP contribution in [0, 0.1) is 0 Å². The second kappa shape index (κ2) is 8.04. The molecule has 0 radical (unpaired) electrons. The topological polar surface area (TPSA) is 97.9 Å². The number of halogens is 3. The van der Waals surface area contributed by atoms with Crippen molar-refractivity contribution < 1.29 is 37.0 Å². The Morgan fingerprint density at radius 3 is 2.39 bits per heavy atom. The van der Waals surface area contributed by atoms with Gasteiger partial charge in [0.25, 0.3) is 0 Å². The van der Waals surface area contributed by atoms with Crippen molar-refractivity contribution in [1.29, 1.82) is 0 Å². The molecule has 2 saturated heterocycles. The fourth-order valence-electron chi connectivity index (χ4n) is 4.70. The molecule has 4 rings (SSSR count). The van der Waals surface area contributed by atoms with E-state index in [1.54, 1.807) is 0 Å². The van der Waals surface area contributed by atoms with Crippen molar-refractivity contribution in [3.63, 3.8) is 0 Å². The van der Waals surface area contributed by atoms with Crippen LogP contribution < -0.4 is 0 Å². The second-order valence-corrected chi connectivity index (χ2v) is 15.6. The highest BCUT2D eigenvalue weighted by Gasteiger charge is 2.53. The van der Waals surface area contributed by atoms with Crippen molar-refractivity contribution in [2.45, 2.75) is 93.9 Å². The highest BCUT2D eigenvalue weighted by atomic mass is 28.3. The molecule has 174 valence electrons. The van der Waals surface area contributed by atoms with Gasteiger partial charge in [-0.15, -0.1) is 23.4 Å². The summed E-state index contributed by atoms with van der Waals surface area (Å²) in [6.45, 7) is 7.16. The fourth-order valence-corrected chi connectivity index (χ4v) is 5.61. The number of alkyl halides is 3. The first-order valence-corrected chi connectivity index (χ1v) is 14.3. The summed E-state index contributed by atoms with van der Waals surface area (Å²) in [6.07, 6.45) is -5.26. The predicted octanol–water partition coefficient (Wildman–Crippen LogP) is 4.18. The third-order valence-electron chi connectivity index (χ3n) is 6.45. The Morgan fingerprint density at radius 2 is 1.84 bits per heavy atom. The van der Waals surface area contributed by atoms with E-state index in [0.717, 1.165) is 6.04 Å². The number of amides is 1. The minimum atomic E-state index is -4.63. The molecule has 4 atom stereocenters. The molecule has 8 nitrogen and oxygen atoms in total. The van der Waals surface area contributed by atoms with Crippen LogP contribution in [0.25, 0.3) is 0 Å². The van der Waals surface area contributed by atoms with Gasteiger partial charge < -0.3 is 19.2 Å². The van der Waals surface area contributed by atoms with Gasteiger partial charge in [0.1, 0.15) is 0 Å². The quantitative estimate of drug-likeness (QED) is 0.606. The van der Waals surface area contributed by atoms with E-state index in [-0.39, 0.29) is 42.9 Å². The summed E-state index contributed by atoms with van der Waals surface area (Å²) in [5.41, 5.74) is 0. The summed E-state index contributed by atoms with van der Waals surface area (Å²) in [5, 5.41) is 17.8. The average Bonchev–Trinajstić information content (AvgIpc) is 3.30. The molecule has 1 aromatic rings. The van der Waals surface area contributed by atoms with E-state index in [2.05, 4.69) is 34.6 Å². The van der Waals surface area contributed by atoms with Gasteiger partial charge in [0, 0.05) is 20.5 Å². The zero-order chi connectivity index (χ0) is 22.6. The molecule has 12 heteroatoms.